The van der Waals surface area contributed by atoms with E-state index in [4.69, 9.17) is 0 Å². The van der Waals surface area contributed by atoms with Gasteiger partial charge in [-0.25, -0.2) is 9.18 Å². The fourth-order valence-corrected chi connectivity index (χ4v) is 2.79. The maximum atomic E-state index is 13.2. The monoisotopic (exact) mass is 298 g/mol. The maximum absolute atomic E-state index is 13.2. The fraction of sp³-hybridized carbons (Fsp3) is 0.385. The molecule has 1 heterocycles. The summed E-state index contributed by atoms with van der Waals surface area (Å²) in [4.78, 5) is 23.7. The molecular weight excluding hydrogens is 283 g/mol. The van der Waals surface area contributed by atoms with Crippen LogP contribution in [0, 0.1) is 5.82 Å². The molecule has 108 valence electrons. The van der Waals surface area contributed by atoms with Gasteiger partial charge in [0.1, 0.15) is 5.82 Å². The molecule has 1 amide bonds. The molecule has 1 unspecified atom stereocenters. The molecule has 1 aliphatic rings. The Morgan fingerprint density at radius 2 is 2.30 bits per heavy atom. The standard InChI is InChI=1S/C13H15FN2O3S/c1-19-13(18)9-6-8(14)2-3-10(9)16-12(17)11-7-20-5-4-15-11/h2-3,6,11,15H,4-5,7H2,1H3,(H,16,17). The van der Waals surface area contributed by atoms with Crippen LogP contribution in [-0.2, 0) is 9.53 Å². The van der Waals surface area contributed by atoms with E-state index in [1.807, 2.05) is 0 Å². The van der Waals surface area contributed by atoms with Gasteiger partial charge < -0.3 is 15.4 Å². The topological polar surface area (TPSA) is 67.4 Å². The van der Waals surface area contributed by atoms with Crippen LogP contribution in [0.2, 0.25) is 0 Å². The van der Waals surface area contributed by atoms with Gasteiger partial charge in [0.05, 0.1) is 24.4 Å². The number of thioether (sulfide) groups is 1. The second-order valence-corrected chi connectivity index (χ2v) is 5.40. The molecule has 2 N–H and O–H groups in total. The molecular formula is C13H15FN2O3S. The Bertz CT molecular complexity index is 518. The summed E-state index contributed by atoms with van der Waals surface area (Å²) in [6, 6.07) is 3.27. The van der Waals surface area contributed by atoms with Crippen LogP contribution in [-0.4, -0.2) is 43.1 Å². The summed E-state index contributed by atoms with van der Waals surface area (Å²) in [5.74, 6) is 0.142. The minimum atomic E-state index is -0.689. The number of anilines is 1. The Labute approximate surface area is 120 Å². The first-order chi connectivity index (χ1) is 9.61. The zero-order valence-electron chi connectivity index (χ0n) is 10.9. The molecule has 0 saturated carbocycles. The lowest BCUT2D eigenvalue weighted by molar-refractivity contribution is -0.117. The van der Waals surface area contributed by atoms with E-state index >= 15 is 0 Å². The first kappa shape index (κ1) is 14.8. The number of halogens is 1. The molecule has 5 nitrogen and oxygen atoms in total. The number of nitrogens with one attached hydrogen (secondary N) is 2. The molecule has 0 bridgehead atoms. The van der Waals surface area contributed by atoms with Crippen molar-refractivity contribution in [2.45, 2.75) is 6.04 Å². The van der Waals surface area contributed by atoms with Gasteiger partial charge in [-0.2, -0.15) is 11.8 Å². The van der Waals surface area contributed by atoms with Gasteiger partial charge in [0.2, 0.25) is 5.91 Å². The van der Waals surface area contributed by atoms with Crippen LogP contribution >= 0.6 is 11.8 Å². The molecule has 0 aliphatic carbocycles. The molecule has 20 heavy (non-hydrogen) atoms. The van der Waals surface area contributed by atoms with Crippen molar-refractivity contribution in [3.8, 4) is 0 Å². The van der Waals surface area contributed by atoms with Gasteiger partial charge in [-0.05, 0) is 18.2 Å². The van der Waals surface area contributed by atoms with Crippen molar-refractivity contribution >= 4 is 29.3 Å². The van der Waals surface area contributed by atoms with Crippen LogP contribution < -0.4 is 10.6 Å². The third-order valence-corrected chi connectivity index (χ3v) is 3.94. The number of benzene rings is 1. The average Bonchev–Trinajstić information content (AvgIpc) is 2.49. The summed E-state index contributed by atoms with van der Waals surface area (Å²) < 4.78 is 17.8. The van der Waals surface area contributed by atoms with E-state index in [-0.39, 0.29) is 23.2 Å². The summed E-state index contributed by atoms with van der Waals surface area (Å²) >= 11 is 1.68. The molecule has 0 spiro atoms. The van der Waals surface area contributed by atoms with Crippen molar-refractivity contribution in [1.29, 1.82) is 0 Å². The number of ether oxygens (including phenoxy) is 1. The van der Waals surface area contributed by atoms with Crippen LogP contribution in [0.1, 0.15) is 10.4 Å². The quantitative estimate of drug-likeness (QED) is 0.822. The van der Waals surface area contributed by atoms with Crippen molar-refractivity contribution in [2.75, 3.05) is 30.5 Å². The van der Waals surface area contributed by atoms with E-state index in [2.05, 4.69) is 15.4 Å². The van der Waals surface area contributed by atoms with E-state index in [1.165, 1.54) is 19.2 Å². The minimum Gasteiger partial charge on any atom is -0.465 e. The first-order valence-electron chi connectivity index (χ1n) is 6.11. The lowest BCUT2D eigenvalue weighted by atomic mass is 10.1. The smallest absolute Gasteiger partial charge is 0.340 e. The van der Waals surface area contributed by atoms with Gasteiger partial charge in [0.15, 0.2) is 0 Å². The Balaban J connectivity index is 2.15. The third-order valence-electron chi connectivity index (χ3n) is 2.88. The van der Waals surface area contributed by atoms with Gasteiger partial charge in [-0.3, -0.25) is 4.79 Å². The number of hydrogen-bond donors (Lipinski definition) is 2. The molecule has 1 saturated heterocycles. The molecule has 1 aromatic carbocycles. The largest absolute Gasteiger partial charge is 0.465 e. The normalized spacial score (nSPS) is 18.4. The predicted molar refractivity (Wildman–Crippen MR) is 75.5 cm³/mol. The van der Waals surface area contributed by atoms with E-state index < -0.39 is 11.8 Å². The summed E-state index contributed by atoms with van der Waals surface area (Å²) in [7, 11) is 1.21. The Hall–Kier alpha value is -1.60. The van der Waals surface area contributed by atoms with E-state index in [0.717, 1.165) is 18.4 Å². The molecule has 7 heteroatoms. The van der Waals surface area contributed by atoms with Crippen molar-refractivity contribution < 1.29 is 18.7 Å². The lowest BCUT2D eigenvalue weighted by Crippen LogP contribution is -2.46. The van der Waals surface area contributed by atoms with Crippen molar-refractivity contribution in [3.05, 3.63) is 29.6 Å². The number of methoxy groups -OCH3 is 1. The summed E-state index contributed by atoms with van der Waals surface area (Å²) in [6.07, 6.45) is 0. The Morgan fingerprint density at radius 1 is 1.50 bits per heavy atom. The highest BCUT2D eigenvalue weighted by molar-refractivity contribution is 7.99. The number of carbonyl (C=O) groups excluding carboxylic acids is 2. The Morgan fingerprint density at radius 3 is 2.95 bits per heavy atom. The molecule has 1 aromatic rings. The summed E-state index contributed by atoms with van der Waals surface area (Å²) in [5, 5.41) is 5.73. The van der Waals surface area contributed by atoms with Crippen LogP contribution in [0.5, 0.6) is 0 Å². The molecule has 2 rings (SSSR count). The second kappa shape index (κ2) is 6.71. The summed E-state index contributed by atoms with van der Waals surface area (Å²) in [6.45, 7) is 0.760. The number of hydrogen-bond acceptors (Lipinski definition) is 5. The highest BCUT2D eigenvalue weighted by Crippen LogP contribution is 2.19. The van der Waals surface area contributed by atoms with Gasteiger partial charge in [-0.15, -0.1) is 0 Å². The zero-order chi connectivity index (χ0) is 14.5. The number of amides is 1. The highest BCUT2D eigenvalue weighted by atomic mass is 32.2. The zero-order valence-corrected chi connectivity index (χ0v) is 11.8. The van der Waals surface area contributed by atoms with Gasteiger partial charge in [0, 0.05) is 18.1 Å². The molecule has 0 radical (unpaired) electrons. The maximum Gasteiger partial charge on any atom is 0.340 e. The van der Waals surface area contributed by atoms with Gasteiger partial charge >= 0.3 is 5.97 Å². The summed E-state index contributed by atoms with van der Waals surface area (Å²) in [5.41, 5.74) is 0.255. The van der Waals surface area contributed by atoms with Crippen molar-refractivity contribution in [3.63, 3.8) is 0 Å². The predicted octanol–water partition coefficient (Wildman–Crippen LogP) is 1.26. The van der Waals surface area contributed by atoms with Crippen molar-refractivity contribution in [1.82, 2.24) is 5.32 Å². The van der Waals surface area contributed by atoms with Gasteiger partial charge in [-0.1, -0.05) is 0 Å². The van der Waals surface area contributed by atoms with Crippen molar-refractivity contribution in [2.24, 2.45) is 0 Å². The van der Waals surface area contributed by atoms with Gasteiger partial charge in [0.25, 0.3) is 0 Å². The average molecular weight is 298 g/mol. The molecule has 1 fully saturated rings. The van der Waals surface area contributed by atoms with Crippen LogP contribution in [0.15, 0.2) is 18.2 Å². The highest BCUT2D eigenvalue weighted by Gasteiger charge is 2.23. The number of esters is 1. The molecule has 1 atom stereocenters. The fourth-order valence-electron chi connectivity index (χ4n) is 1.86. The number of rotatable bonds is 3. The van der Waals surface area contributed by atoms with E-state index in [1.54, 1.807) is 11.8 Å². The van der Waals surface area contributed by atoms with Crippen LogP contribution in [0.3, 0.4) is 0 Å². The van der Waals surface area contributed by atoms with E-state index in [0.29, 0.717) is 5.75 Å². The molecule has 0 aromatic heterocycles. The number of carbonyl (C=O) groups is 2. The third kappa shape index (κ3) is 3.49. The van der Waals surface area contributed by atoms with Crippen LogP contribution in [0.4, 0.5) is 10.1 Å². The lowest BCUT2D eigenvalue weighted by Gasteiger charge is -2.22. The SMILES string of the molecule is COC(=O)c1cc(F)ccc1NC(=O)C1CSCCN1. The van der Waals surface area contributed by atoms with Crippen LogP contribution in [0.25, 0.3) is 0 Å². The second-order valence-electron chi connectivity index (χ2n) is 4.25. The van der Waals surface area contributed by atoms with E-state index in [9.17, 15) is 14.0 Å². The minimum absolute atomic E-state index is 0.00399. The first-order valence-corrected chi connectivity index (χ1v) is 7.27. The molecule has 1 aliphatic heterocycles. The Kier molecular flexibility index (Phi) is 4.97.